The van der Waals surface area contributed by atoms with Crippen molar-refractivity contribution in [1.29, 1.82) is 0 Å². The Morgan fingerprint density at radius 2 is 1.66 bits per heavy atom. The summed E-state index contributed by atoms with van der Waals surface area (Å²) in [4.78, 5) is 33.8. The highest BCUT2D eigenvalue weighted by atomic mass is 35.5. The number of carbonyl (C=O) groups is 2. The quantitative estimate of drug-likeness (QED) is 0.393. The van der Waals surface area contributed by atoms with E-state index in [4.69, 9.17) is 11.6 Å². The maximum atomic E-state index is 12.7. The van der Waals surface area contributed by atoms with Gasteiger partial charge in [-0.2, -0.15) is 0 Å². The first kappa shape index (κ1) is 22.7. The van der Waals surface area contributed by atoms with Crippen molar-refractivity contribution >= 4 is 50.6 Å². The molecule has 10 nitrogen and oxygen atoms in total. The number of hydrogen-bond donors (Lipinski definition) is 2. The lowest BCUT2D eigenvalue weighted by Crippen LogP contribution is -2.25. The summed E-state index contributed by atoms with van der Waals surface area (Å²) in [6, 6.07) is 13.7. The van der Waals surface area contributed by atoms with Crippen LogP contribution in [0.2, 0.25) is 5.02 Å². The van der Waals surface area contributed by atoms with Crippen LogP contribution in [-0.4, -0.2) is 25.2 Å². The van der Waals surface area contributed by atoms with E-state index in [0.717, 1.165) is 18.2 Å². The number of amides is 1. The van der Waals surface area contributed by atoms with E-state index in [0.29, 0.717) is 0 Å². The first-order valence-corrected chi connectivity index (χ1v) is 10.6. The minimum Gasteiger partial charge on any atom is -0.545 e. The van der Waals surface area contributed by atoms with Crippen molar-refractivity contribution in [2.75, 3.05) is 10.0 Å². The van der Waals surface area contributed by atoms with Crippen LogP contribution in [0.5, 0.6) is 0 Å². The number of nitrogens with zero attached hydrogens (tertiary/aromatic N) is 1. The molecule has 32 heavy (non-hydrogen) atoms. The summed E-state index contributed by atoms with van der Waals surface area (Å²) >= 11 is 6.05. The minimum absolute atomic E-state index is 0.0527. The molecule has 0 saturated carbocycles. The lowest BCUT2D eigenvalue weighted by molar-refractivity contribution is -0.384. The van der Waals surface area contributed by atoms with Crippen LogP contribution < -0.4 is 15.1 Å². The van der Waals surface area contributed by atoms with Crippen molar-refractivity contribution in [3.05, 3.63) is 93.0 Å². The zero-order chi connectivity index (χ0) is 23.5. The second-order valence-electron chi connectivity index (χ2n) is 6.34. The number of sulfonamides is 1. The highest BCUT2D eigenvalue weighted by molar-refractivity contribution is 7.92. The average Bonchev–Trinajstić information content (AvgIpc) is 2.74. The van der Waals surface area contributed by atoms with Crippen LogP contribution in [0.1, 0.15) is 20.7 Å². The number of non-ortho nitro benzene ring substituents is 1. The SMILES string of the molecule is O=C(Nc1ccccc1C(=O)[O-])c1cc(S(=O)(=O)Nc2cccc([N+](=O)[O-])c2)ccc1Cl. The topological polar surface area (TPSA) is 159 Å². The summed E-state index contributed by atoms with van der Waals surface area (Å²) in [5.41, 5.74) is -0.928. The third-order valence-corrected chi connectivity index (χ3v) is 5.91. The summed E-state index contributed by atoms with van der Waals surface area (Å²) < 4.78 is 27.7. The molecule has 0 bridgehead atoms. The first-order chi connectivity index (χ1) is 15.1. The number of hydrogen-bond acceptors (Lipinski definition) is 7. The van der Waals surface area contributed by atoms with Crippen LogP contribution in [0.4, 0.5) is 17.1 Å². The van der Waals surface area contributed by atoms with Gasteiger partial charge in [-0.25, -0.2) is 8.42 Å². The smallest absolute Gasteiger partial charge is 0.271 e. The molecule has 0 spiro atoms. The number of nitro groups is 1. The molecule has 0 aliphatic rings. The lowest BCUT2D eigenvalue weighted by atomic mass is 10.1. The van der Waals surface area contributed by atoms with Gasteiger partial charge in [0.1, 0.15) is 0 Å². The van der Waals surface area contributed by atoms with Gasteiger partial charge in [-0.3, -0.25) is 19.6 Å². The van der Waals surface area contributed by atoms with Gasteiger partial charge in [-0.15, -0.1) is 0 Å². The Bertz CT molecular complexity index is 1340. The Hall–Kier alpha value is -3.96. The maximum absolute atomic E-state index is 12.7. The Labute approximate surface area is 186 Å². The van der Waals surface area contributed by atoms with E-state index < -0.39 is 26.8 Å². The van der Waals surface area contributed by atoms with Crippen molar-refractivity contribution in [1.82, 2.24) is 0 Å². The van der Waals surface area contributed by atoms with Crippen LogP contribution in [0.25, 0.3) is 0 Å². The normalized spacial score (nSPS) is 10.9. The largest absolute Gasteiger partial charge is 0.545 e. The molecule has 3 rings (SSSR count). The Morgan fingerprint density at radius 3 is 2.34 bits per heavy atom. The second kappa shape index (κ2) is 9.04. The number of rotatable bonds is 7. The highest BCUT2D eigenvalue weighted by Crippen LogP contribution is 2.25. The van der Waals surface area contributed by atoms with E-state index in [-0.39, 0.29) is 38.1 Å². The summed E-state index contributed by atoms with van der Waals surface area (Å²) in [6.07, 6.45) is 0. The molecule has 0 saturated heterocycles. The summed E-state index contributed by atoms with van der Waals surface area (Å²) in [5.74, 6) is -2.36. The molecule has 0 aliphatic carbocycles. The average molecular weight is 475 g/mol. The molecule has 0 atom stereocenters. The zero-order valence-electron chi connectivity index (χ0n) is 15.9. The fraction of sp³-hybridized carbons (Fsp3) is 0. The number of nitrogens with one attached hydrogen (secondary N) is 2. The van der Waals surface area contributed by atoms with Gasteiger partial charge < -0.3 is 15.2 Å². The minimum atomic E-state index is -4.24. The molecule has 0 heterocycles. The van der Waals surface area contributed by atoms with Gasteiger partial charge >= 0.3 is 0 Å². The lowest BCUT2D eigenvalue weighted by Gasteiger charge is -2.13. The fourth-order valence-electron chi connectivity index (χ4n) is 2.70. The van der Waals surface area contributed by atoms with Crippen LogP contribution in [-0.2, 0) is 10.0 Å². The molecule has 3 aromatic carbocycles. The molecule has 2 N–H and O–H groups in total. The molecule has 0 radical (unpaired) electrons. The zero-order valence-corrected chi connectivity index (χ0v) is 17.5. The van der Waals surface area contributed by atoms with E-state index in [9.17, 15) is 33.2 Å². The van der Waals surface area contributed by atoms with Gasteiger partial charge in [-0.1, -0.05) is 35.9 Å². The van der Waals surface area contributed by atoms with Crippen LogP contribution in [0.3, 0.4) is 0 Å². The third-order valence-electron chi connectivity index (χ3n) is 4.20. The van der Waals surface area contributed by atoms with Gasteiger partial charge in [0, 0.05) is 17.7 Å². The number of carboxylic acids is 1. The first-order valence-electron chi connectivity index (χ1n) is 8.77. The summed E-state index contributed by atoms with van der Waals surface area (Å²) in [7, 11) is -4.24. The molecular formula is C20H13ClN3O7S-. The van der Waals surface area contributed by atoms with Gasteiger partial charge in [0.05, 0.1) is 37.7 Å². The third kappa shape index (κ3) is 5.02. The molecule has 164 valence electrons. The maximum Gasteiger partial charge on any atom is 0.271 e. The molecule has 3 aromatic rings. The molecular weight excluding hydrogens is 462 g/mol. The number of aromatic carboxylic acids is 1. The van der Waals surface area contributed by atoms with E-state index in [2.05, 4.69) is 10.0 Å². The van der Waals surface area contributed by atoms with Crippen molar-refractivity contribution in [3.63, 3.8) is 0 Å². The molecule has 1 amide bonds. The standard InChI is InChI=1S/C20H14ClN3O7S/c21-17-9-8-14(32(30,31)23-12-4-3-5-13(10-12)24(28)29)11-16(17)19(25)22-18-7-2-1-6-15(18)20(26)27/h1-11,23H,(H,22,25)(H,26,27)/p-1. The Kier molecular flexibility index (Phi) is 6.42. The van der Waals surface area contributed by atoms with Gasteiger partial charge in [0.15, 0.2) is 0 Å². The van der Waals surface area contributed by atoms with Crippen molar-refractivity contribution in [2.24, 2.45) is 0 Å². The summed E-state index contributed by atoms with van der Waals surface area (Å²) in [6.45, 7) is 0. The van der Waals surface area contributed by atoms with Crippen LogP contribution >= 0.6 is 11.6 Å². The van der Waals surface area contributed by atoms with Crippen molar-refractivity contribution in [2.45, 2.75) is 4.90 Å². The predicted molar refractivity (Wildman–Crippen MR) is 114 cm³/mol. The number of anilines is 2. The van der Waals surface area contributed by atoms with Crippen molar-refractivity contribution in [3.8, 4) is 0 Å². The molecule has 0 fully saturated rings. The number of halogens is 1. The van der Waals surface area contributed by atoms with E-state index in [1.165, 1.54) is 48.5 Å². The number of para-hydroxylation sites is 1. The summed E-state index contributed by atoms with van der Waals surface area (Å²) in [5, 5.41) is 24.4. The highest BCUT2D eigenvalue weighted by Gasteiger charge is 2.20. The van der Waals surface area contributed by atoms with Crippen LogP contribution in [0.15, 0.2) is 71.6 Å². The molecule has 12 heteroatoms. The Balaban J connectivity index is 1.91. The van der Waals surface area contributed by atoms with Crippen molar-refractivity contribution < 1.29 is 28.0 Å². The van der Waals surface area contributed by atoms with Crippen LogP contribution in [0, 0.1) is 10.1 Å². The van der Waals surface area contributed by atoms with E-state index >= 15 is 0 Å². The van der Waals surface area contributed by atoms with Gasteiger partial charge in [-0.05, 0) is 30.3 Å². The van der Waals surface area contributed by atoms with E-state index in [1.807, 2.05) is 0 Å². The van der Waals surface area contributed by atoms with Gasteiger partial charge in [0.25, 0.3) is 21.6 Å². The monoisotopic (exact) mass is 474 g/mol. The Morgan fingerprint density at radius 1 is 0.938 bits per heavy atom. The number of carbonyl (C=O) groups excluding carboxylic acids is 2. The fourth-order valence-corrected chi connectivity index (χ4v) is 3.98. The molecule has 0 aliphatic heterocycles. The number of benzene rings is 3. The second-order valence-corrected chi connectivity index (χ2v) is 8.43. The predicted octanol–water partition coefficient (Wildman–Crippen LogP) is 2.66. The number of nitro benzene ring substituents is 1. The van der Waals surface area contributed by atoms with Gasteiger partial charge in [0.2, 0.25) is 0 Å². The molecule has 0 unspecified atom stereocenters. The number of carboxylic acid groups (broad SMARTS) is 1. The van der Waals surface area contributed by atoms with E-state index in [1.54, 1.807) is 0 Å². The molecule has 0 aromatic heterocycles.